The molecule has 0 radical (unpaired) electrons. The van der Waals surface area contributed by atoms with Crippen molar-refractivity contribution in [3.63, 3.8) is 0 Å². The Morgan fingerprint density at radius 2 is 1.85 bits per heavy atom. The van der Waals surface area contributed by atoms with Gasteiger partial charge < -0.3 is 9.40 Å². The number of carbonyl (C=O) groups is 1. The van der Waals surface area contributed by atoms with Crippen LogP contribution in [0, 0.1) is 20.8 Å². The number of H-pyrrole nitrogens is 1. The van der Waals surface area contributed by atoms with Crippen molar-refractivity contribution < 1.29 is 9.21 Å². The van der Waals surface area contributed by atoms with Crippen LogP contribution in [-0.2, 0) is 0 Å². The fraction of sp³-hybridized carbons (Fsp3) is 0.190. The van der Waals surface area contributed by atoms with E-state index in [1.165, 1.54) is 17.3 Å². The topological polar surface area (TPSA) is 71.8 Å². The summed E-state index contributed by atoms with van der Waals surface area (Å²) in [7, 11) is 0. The SMILES string of the molecule is Cc1cc(C)c(C(=O)CSc2nnc(-c3c[nH]c4ccccc34)o2)cc1C. The standard InChI is InChI=1S/C21H19N3O2S/c1-12-8-14(3)16(9-13(12)2)19(25)11-27-21-24-23-20(26-21)17-10-22-18-7-5-4-6-15(17)18/h4-10,22H,11H2,1-3H3. The summed E-state index contributed by atoms with van der Waals surface area (Å²) in [4.78, 5) is 15.8. The van der Waals surface area contributed by atoms with Gasteiger partial charge in [0.2, 0.25) is 0 Å². The average molecular weight is 377 g/mol. The van der Waals surface area contributed by atoms with Crippen molar-refractivity contribution in [3.05, 3.63) is 64.8 Å². The van der Waals surface area contributed by atoms with Crippen LogP contribution < -0.4 is 0 Å². The molecular formula is C21H19N3O2S. The zero-order valence-corrected chi connectivity index (χ0v) is 16.2. The van der Waals surface area contributed by atoms with E-state index in [9.17, 15) is 4.79 Å². The van der Waals surface area contributed by atoms with Gasteiger partial charge in [-0.2, -0.15) is 0 Å². The van der Waals surface area contributed by atoms with Gasteiger partial charge in [-0.25, -0.2) is 0 Å². The molecule has 0 bridgehead atoms. The molecule has 0 aliphatic carbocycles. The molecule has 2 aromatic heterocycles. The smallest absolute Gasteiger partial charge is 0.277 e. The molecule has 1 N–H and O–H groups in total. The minimum absolute atomic E-state index is 0.0624. The highest BCUT2D eigenvalue weighted by atomic mass is 32.2. The van der Waals surface area contributed by atoms with Gasteiger partial charge >= 0.3 is 0 Å². The largest absolute Gasteiger partial charge is 0.411 e. The number of nitrogens with one attached hydrogen (secondary N) is 1. The summed E-state index contributed by atoms with van der Waals surface area (Å²) in [5.41, 5.74) is 5.93. The minimum Gasteiger partial charge on any atom is -0.411 e. The Balaban J connectivity index is 1.50. The number of thioether (sulfide) groups is 1. The van der Waals surface area contributed by atoms with E-state index in [0.29, 0.717) is 11.1 Å². The van der Waals surface area contributed by atoms with Gasteiger partial charge in [-0.05, 0) is 49.6 Å². The van der Waals surface area contributed by atoms with Gasteiger partial charge in [0, 0.05) is 22.7 Å². The Morgan fingerprint density at radius 3 is 2.70 bits per heavy atom. The molecule has 6 heteroatoms. The van der Waals surface area contributed by atoms with Crippen LogP contribution in [-0.4, -0.2) is 26.7 Å². The van der Waals surface area contributed by atoms with Crippen LogP contribution in [0.5, 0.6) is 0 Å². The van der Waals surface area contributed by atoms with E-state index in [1.807, 2.05) is 50.4 Å². The van der Waals surface area contributed by atoms with Crippen molar-refractivity contribution in [3.8, 4) is 11.5 Å². The number of hydrogen-bond acceptors (Lipinski definition) is 5. The lowest BCUT2D eigenvalue weighted by Crippen LogP contribution is -2.06. The molecule has 0 atom stereocenters. The molecule has 0 aliphatic heterocycles. The molecule has 0 unspecified atom stereocenters. The van der Waals surface area contributed by atoms with Crippen LogP contribution in [0.3, 0.4) is 0 Å². The Hall–Kier alpha value is -2.86. The summed E-state index contributed by atoms with van der Waals surface area (Å²) in [6, 6.07) is 11.9. The summed E-state index contributed by atoms with van der Waals surface area (Å²) in [6.07, 6.45) is 1.86. The van der Waals surface area contributed by atoms with Crippen LogP contribution >= 0.6 is 11.8 Å². The van der Waals surface area contributed by atoms with Gasteiger partial charge in [0.05, 0.1) is 11.3 Å². The first kappa shape index (κ1) is 17.5. The number of benzene rings is 2. The second-order valence-electron chi connectivity index (χ2n) is 6.58. The quantitative estimate of drug-likeness (QED) is 0.386. The second kappa shape index (κ2) is 7.04. The maximum Gasteiger partial charge on any atom is 0.277 e. The van der Waals surface area contributed by atoms with Crippen LogP contribution in [0.1, 0.15) is 27.0 Å². The van der Waals surface area contributed by atoms with Crippen molar-refractivity contribution >= 4 is 28.4 Å². The summed E-state index contributed by atoms with van der Waals surface area (Å²) in [6.45, 7) is 6.03. The van der Waals surface area contributed by atoms with E-state index < -0.39 is 0 Å². The predicted molar refractivity (Wildman–Crippen MR) is 107 cm³/mol. The first-order chi connectivity index (χ1) is 13.0. The highest BCUT2D eigenvalue weighted by Gasteiger charge is 2.16. The highest BCUT2D eigenvalue weighted by Crippen LogP contribution is 2.29. The van der Waals surface area contributed by atoms with Crippen molar-refractivity contribution in [2.45, 2.75) is 26.0 Å². The van der Waals surface area contributed by atoms with Crippen LogP contribution in [0.15, 0.2) is 52.2 Å². The lowest BCUT2D eigenvalue weighted by Gasteiger charge is -2.08. The minimum atomic E-state index is 0.0624. The number of para-hydroxylation sites is 1. The predicted octanol–water partition coefficient (Wildman–Crippen LogP) is 5.12. The summed E-state index contributed by atoms with van der Waals surface area (Å²) in [5.74, 6) is 0.774. The molecule has 0 aliphatic rings. The third-order valence-electron chi connectivity index (χ3n) is 4.69. The molecule has 0 saturated heterocycles. The molecule has 2 aromatic carbocycles. The monoisotopic (exact) mass is 377 g/mol. The summed E-state index contributed by atoms with van der Waals surface area (Å²) in [5, 5.41) is 9.63. The lowest BCUT2D eigenvalue weighted by molar-refractivity contribution is 0.102. The van der Waals surface area contributed by atoms with Crippen molar-refractivity contribution in [1.82, 2.24) is 15.2 Å². The molecule has 0 amide bonds. The third kappa shape index (κ3) is 3.40. The number of aromatic amines is 1. The first-order valence-electron chi connectivity index (χ1n) is 8.67. The van der Waals surface area contributed by atoms with E-state index in [0.717, 1.165) is 33.2 Å². The van der Waals surface area contributed by atoms with Crippen molar-refractivity contribution in [2.24, 2.45) is 0 Å². The van der Waals surface area contributed by atoms with Gasteiger partial charge in [0.15, 0.2) is 5.78 Å². The number of ketones is 1. The normalized spacial score (nSPS) is 11.2. The molecule has 2 heterocycles. The lowest BCUT2D eigenvalue weighted by atomic mass is 9.99. The van der Waals surface area contributed by atoms with Crippen LogP contribution in [0.4, 0.5) is 0 Å². The van der Waals surface area contributed by atoms with E-state index in [-0.39, 0.29) is 11.5 Å². The highest BCUT2D eigenvalue weighted by molar-refractivity contribution is 7.99. The molecule has 4 rings (SSSR count). The van der Waals surface area contributed by atoms with E-state index in [2.05, 4.69) is 28.2 Å². The number of carbonyl (C=O) groups excluding carboxylic acids is 1. The molecule has 0 saturated carbocycles. The maximum atomic E-state index is 12.6. The van der Waals surface area contributed by atoms with Crippen LogP contribution in [0.2, 0.25) is 0 Å². The average Bonchev–Trinajstić information content (AvgIpc) is 3.29. The number of aromatic nitrogens is 3. The number of nitrogens with zero attached hydrogens (tertiary/aromatic N) is 2. The molecule has 4 aromatic rings. The summed E-state index contributed by atoms with van der Waals surface area (Å²) >= 11 is 1.27. The number of rotatable bonds is 5. The molecular weight excluding hydrogens is 358 g/mol. The van der Waals surface area contributed by atoms with E-state index in [4.69, 9.17) is 4.42 Å². The number of aryl methyl sites for hydroxylation is 3. The zero-order valence-electron chi connectivity index (χ0n) is 15.4. The van der Waals surface area contributed by atoms with Gasteiger partial charge in [0.25, 0.3) is 11.1 Å². The molecule has 5 nitrogen and oxygen atoms in total. The Morgan fingerprint density at radius 1 is 1.07 bits per heavy atom. The Bertz CT molecular complexity index is 1140. The Labute approximate surface area is 161 Å². The molecule has 0 spiro atoms. The number of fused-ring (bicyclic) bond motifs is 1. The van der Waals surface area contributed by atoms with E-state index >= 15 is 0 Å². The van der Waals surface area contributed by atoms with Crippen molar-refractivity contribution in [2.75, 3.05) is 5.75 Å². The van der Waals surface area contributed by atoms with Gasteiger partial charge in [-0.3, -0.25) is 4.79 Å². The molecule has 136 valence electrons. The zero-order chi connectivity index (χ0) is 19.0. The van der Waals surface area contributed by atoms with E-state index in [1.54, 1.807) is 0 Å². The number of hydrogen-bond donors (Lipinski definition) is 1. The Kier molecular flexibility index (Phi) is 4.58. The fourth-order valence-electron chi connectivity index (χ4n) is 3.09. The van der Waals surface area contributed by atoms with Crippen LogP contribution in [0.25, 0.3) is 22.4 Å². The molecule has 27 heavy (non-hydrogen) atoms. The van der Waals surface area contributed by atoms with Gasteiger partial charge in [-0.1, -0.05) is 36.0 Å². The number of Topliss-reactive ketones (excluding diaryl/α,β-unsaturated/α-hetero) is 1. The van der Waals surface area contributed by atoms with Crippen molar-refractivity contribution in [1.29, 1.82) is 0 Å². The van der Waals surface area contributed by atoms with Gasteiger partial charge in [0.1, 0.15) is 0 Å². The maximum absolute atomic E-state index is 12.6. The summed E-state index contributed by atoms with van der Waals surface area (Å²) < 4.78 is 5.76. The fourth-order valence-corrected chi connectivity index (χ4v) is 3.74. The first-order valence-corrected chi connectivity index (χ1v) is 9.65. The second-order valence-corrected chi connectivity index (χ2v) is 7.51. The van der Waals surface area contributed by atoms with Gasteiger partial charge in [-0.15, -0.1) is 10.2 Å². The molecule has 0 fully saturated rings. The third-order valence-corrected chi connectivity index (χ3v) is 5.51.